The molecule has 0 atom stereocenters. The minimum Gasteiger partial charge on any atom is -0.309 e. The van der Waals surface area contributed by atoms with Crippen molar-refractivity contribution in [3.63, 3.8) is 0 Å². The fraction of sp³-hybridized carbons (Fsp3) is 0.136. The van der Waals surface area contributed by atoms with Crippen molar-refractivity contribution < 1.29 is 31.1 Å². The summed E-state index contributed by atoms with van der Waals surface area (Å²) in [4.78, 5) is 21.9. The standard InChI is InChI=1S/C22H14F6N4O/c1-31(17-5-3-2-4-15(17)22(26,27)28)20(33)16-12-32-18(10-30-19(32)11-29-16)13-6-8-14(9-7-13)21(23,24)25/h2-12H,1H3. The average Bonchev–Trinajstić information content (AvgIpc) is 3.20. The van der Waals surface area contributed by atoms with E-state index >= 15 is 0 Å². The van der Waals surface area contributed by atoms with Gasteiger partial charge in [0.1, 0.15) is 5.69 Å². The number of fused-ring (bicyclic) bond motifs is 1. The first-order valence-corrected chi connectivity index (χ1v) is 9.42. The number of anilines is 1. The van der Waals surface area contributed by atoms with Gasteiger partial charge in [-0.15, -0.1) is 0 Å². The minimum atomic E-state index is -4.66. The molecule has 0 aliphatic heterocycles. The van der Waals surface area contributed by atoms with Gasteiger partial charge in [-0.3, -0.25) is 9.20 Å². The number of halogens is 6. The molecule has 170 valence electrons. The number of amides is 1. The molecule has 2 aromatic heterocycles. The van der Waals surface area contributed by atoms with Gasteiger partial charge in [-0.1, -0.05) is 24.3 Å². The van der Waals surface area contributed by atoms with Gasteiger partial charge >= 0.3 is 12.4 Å². The Hall–Kier alpha value is -3.89. The number of hydrogen-bond acceptors (Lipinski definition) is 3. The third-order valence-electron chi connectivity index (χ3n) is 5.00. The molecule has 0 radical (unpaired) electrons. The second kappa shape index (κ2) is 7.91. The highest BCUT2D eigenvalue weighted by Gasteiger charge is 2.35. The second-order valence-corrected chi connectivity index (χ2v) is 7.10. The molecule has 0 bridgehead atoms. The number of rotatable bonds is 3. The largest absolute Gasteiger partial charge is 0.418 e. The Kier molecular flexibility index (Phi) is 5.35. The van der Waals surface area contributed by atoms with Crippen molar-refractivity contribution in [1.82, 2.24) is 14.4 Å². The van der Waals surface area contributed by atoms with Gasteiger partial charge in [0.2, 0.25) is 0 Å². The third kappa shape index (κ3) is 4.26. The number of carbonyl (C=O) groups excluding carboxylic acids is 1. The smallest absolute Gasteiger partial charge is 0.309 e. The van der Waals surface area contributed by atoms with E-state index in [1.807, 2.05) is 0 Å². The molecule has 0 aliphatic rings. The molecule has 1 amide bonds. The molecule has 11 heteroatoms. The average molecular weight is 464 g/mol. The van der Waals surface area contributed by atoms with Crippen LogP contribution in [0.3, 0.4) is 0 Å². The maximum absolute atomic E-state index is 13.3. The summed E-state index contributed by atoms with van der Waals surface area (Å²) in [5.41, 5.74) is -1.22. The van der Waals surface area contributed by atoms with Crippen molar-refractivity contribution in [2.75, 3.05) is 11.9 Å². The van der Waals surface area contributed by atoms with Gasteiger partial charge in [0.05, 0.1) is 34.9 Å². The molecule has 0 unspecified atom stereocenters. The van der Waals surface area contributed by atoms with Gasteiger partial charge < -0.3 is 4.90 Å². The van der Waals surface area contributed by atoms with Crippen molar-refractivity contribution in [2.24, 2.45) is 0 Å². The summed E-state index contributed by atoms with van der Waals surface area (Å²) in [5.74, 6) is -0.805. The molecule has 33 heavy (non-hydrogen) atoms. The van der Waals surface area contributed by atoms with Crippen LogP contribution in [0.1, 0.15) is 21.6 Å². The summed E-state index contributed by atoms with van der Waals surface area (Å²) >= 11 is 0. The normalized spacial score (nSPS) is 12.2. The Morgan fingerprint density at radius 2 is 1.55 bits per heavy atom. The van der Waals surface area contributed by atoms with Crippen LogP contribution >= 0.6 is 0 Å². The fourth-order valence-corrected chi connectivity index (χ4v) is 3.33. The van der Waals surface area contributed by atoms with E-state index < -0.39 is 29.4 Å². The SMILES string of the molecule is CN(C(=O)c1cn2c(-c3ccc(C(F)(F)F)cc3)cnc2cn1)c1ccccc1C(F)(F)F. The lowest BCUT2D eigenvalue weighted by Gasteiger charge is -2.21. The predicted octanol–water partition coefficient (Wildman–Crippen LogP) is 5.71. The molecule has 5 nitrogen and oxygen atoms in total. The lowest BCUT2D eigenvalue weighted by Crippen LogP contribution is -2.29. The summed E-state index contributed by atoms with van der Waals surface area (Å²) in [7, 11) is 1.20. The molecule has 2 heterocycles. The summed E-state index contributed by atoms with van der Waals surface area (Å²) < 4.78 is 80.0. The molecule has 2 aromatic carbocycles. The number of hydrogen-bond donors (Lipinski definition) is 0. The van der Waals surface area contributed by atoms with Gasteiger partial charge in [0.25, 0.3) is 5.91 Å². The number of carbonyl (C=O) groups is 1. The summed E-state index contributed by atoms with van der Waals surface area (Å²) in [6.07, 6.45) is -5.22. The zero-order valence-corrected chi connectivity index (χ0v) is 16.8. The molecule has 0 aliphatic carbocycles. The van der Waals surface area contributed by atoms with Gasteiger partial charge in [0, 0.05) is 18.8 Å². The topological polar surface area (TPSA) is 50.5 Å². The molecule has 4 aromatic rings. The monoisotopic (exact) mass is 464 g/mol. The first-order valence-electron chi connectivity index (χ1n) is 9.42. The second-order valence-electron chi connectivity index (χ2n) is 7.10. The summed E-state index contributed by atoms with van der Waals surface area (Å²) in [6, 6.07) is 9.01. The van der Waals surface area contributed by atoms with E-state index in [0.717, 1.165) is 23.1 Å². The maximum Gasteiger partial charge on any atom is 0.418 e. The lowest BCUT2D eigenvalue weighted by molar-refractivity contribution is -0.138. The molecule has 0 fully saturated rings. The van der Waals surface area contributed by atoms with Crippen LogP contribution in [-0.4, -0.2) is 27.3 Å². The number of benzene rings is 2. The van der Waals surface area contributed by atoms with Gasteiger partial charge in [-0.05, 0) is 24.3 Å². The van der Waals surface area contributed by atoms with E-state index in [1.165, 1.54) is 60.4 Å². The summed E-state index contributed by atoms with van der Waals surface area (Å²) in [6.45, 7) is 0. The molecule has 0 spiro atoms. The van der Waals surface area contributed by atoms with Crippen molar-refractivity contribution in [1.29, 1.82) is 0 Å². The Bertz CT molecular complexity index is 1330. The minimum absolute atomic E-state index is 0.173. The third-order valence-corrected chi connectivity index (χ3v) is 5.00. The first kappa shape index (κ1) is 22.3. The number of imidazole rings is 1. The van der Waals surface area contributed by atoms with Crippen LogP contribution in [0.5, 0.6) is 0 Å². The van der Waals surface area contributed by atoms with E-state index in [0.29, 0.717) is 16.9 Å². The summed E-state index contributed by atoms with van der Waals surface area (Å²) in [5, 5.41) is 0. The molecule has 0 saturated heterocycles. The fourth-order valence-electron chi connectivity index (χ4n) is 3.33. The van der Waals surface area contributed by atoms with E-state index in [2.05, 4.69) is 9.97 Å². The molecule has 0 saturated carbocycles. The molecular weight excluding hydrogens is 450 g/mol. The van der Waals surface area contributed by atoms with Crippen molar-refractivity contribution >= 4 is 17.2 Å². The lowest BCUT2D eigenvalue weighted by atomic mass is 10.1. The first-order chi connectivity index (χ1) is 15.5. The zero-order chi connectivity index (χ0) is 24.0. The van der Waals surface area contributed by atoms with Crippen molar-refractivity contribution in [3.8, 4) is 11.3 Å². The van der Waals surface area contributed by atoms with Crippen LogP contribution in [-0.2, 0) is 12.4 Å². The Morgan fingerprint density at radius 3 is 2.18 bits per heavy atom. The van der Waals surface area contributed by atoms with E-state index in [4.69, 9.17) is 0 Å². The number of para-hydroxylation sites is 1. The van der Waals surface area contributed by atoms with Crippen LogP contribution in [0.4, 0.5) is 32.0 Å². The van der Waals surface area contributed by atoms with Crippen LogP contribution < -0.4 is 4.90 Å². The van der Waals surface area contributed by atoms with Gasteiger partial charge in [0.15, 0.2) is 5.65 Å². The van der Waals surface area contributed by atoms with Crippen LogP contribution in [0.15, 0.2) is 67.1 Å². The van der Waals surface area contributed by atoms with Crippen LogP contribution in [0.2, 0.25) is 0 Å². The van der Waals surface area contributed by atoms with Crippen LogP contribution in [0.25, 0.3) is 16.9 Å². The van der Waals surface area contributed by atoms with Crippen LogP contribution in [0, 0.1) is 0 Å². The number of alkyl halides is 6. The number of nitrogens with zero attached hydrogens (tertiary/aromatic N) is 4. The quantitative estimate of drug-likeness (QED) is 0.365. The highest BCUT2D eigenvalue weighted by atomic mass is 19.4. The Labute approximate surface area is 182 Å². The molecular formula is C22H14F6N4O. The van der Waals surface area contributed by atoms with E-state index in [1.54, 1.807) is 0 Å². The number of aromatic nitrogens is 3. The maximum atomic E-state index is 13.3. The zero-order valence-electron chi connectivity index (χ0n) is 16.8. The molecule has 4 rings (SSSR count). The highest BCUT2D eigenvalue weighted by molar-refractivity contribution is 6.04. The Balaban J connectivity index is 1.71. The highest BCUT2D eigenvalue weighted by Crippen LogP contribution is 2.36. The van der Waals surface area contributed by atoms with E-state index in [-0.39, 0.29) is 11.4 Å². The van der Waals surface area contributed by atoms with Crippen molar-refractivity contribution in [3.05, 3.63) is 83.9 Å². The van der Waals surface area contributed by atoms with Gasteiger partial charge in [-0.25, -0.2) is 9.97 Å². The van der Waals surface area contributed by atoms with Crippen molar-refractivity contribution in [2.45, 2.75) is 12.4 Å². The van der Waals surface area contributed by atoms with Gasteiger partial charge in [-0.2, -0.15) is 26.3 Å². The van der Waals surface area contributed by atoms with E-state index in [9.17, 15) is 31.1 Å². The Morgan fingerprint density at radius 1 is 0.879 bits per heavy atom. The predicted molar refractivity (Wildman–Crippen MR) is 108 cm³/mol. The molecule has 0 N–H and O–H groups in total.